The van der Waals surface area contributed by atoms with Crippen LogP contribution in [0.2, 0.25) is 5.02 Å². The minimum atomic E-state index is -3.70. The molecule has 0 spiro atoms. The molecule has 0 bridgehead atoms. The number of hydrogen-bond acceptors (Lipinski definition) is 10. The van der Waals surface area contributed by atoms with Crippen molar-refractivity contribution in [2.45, 2.75) is 67.9 Å². The first-order chi connectivity index (χ1) is 24.8. The molecule has 5 heterocycles. The first kappa shape index (κ1) is 36.2. The molecule has 3 saturated heterocycles. The number of imide groups is 1. The normalized spacial score (nSPS) is 19.9. The van der Waals surface area contributed by atoms with Crippen molar-refractivity contribution in [3.05, 3.63) is 71.0 Å². The average molecular weight is 750 g/mol. The van der Waals surface area contributed by atoms with Crippen molar-refractivity contribution in [3.63, 3.8) is 0 Å². The number of likely N-dealkylation sites (tertiary alicyclic amines) is 1. The first-order valence-electron chi connectivity index (χ1n) is 17.7. The Hall–Kier alpha value is -4.15. The number of aryl methyl sites for hydroxylation is 1. The summed E-state index contributed by atoms with van der Waals surface area (Å²) in [7, 11) is -1.84. The van der Waals surface area contributed by atoms with Gasteiger partial charge in [-0.1, -0.05) is 29.8 Å². The molecule has 1 unspecified atom stereocenters. The largest absolute Gasteiger partial charge is 0.388 e. The first-order valence-corrected chi connectivity index (χ1v) is 19.5. The van der Waals surface area contributed by atoms with Gasteiger partial charge in [-0.25, -0.2) is 23.2 Å². The van der Waals surface area contributed by atoms with Gasteiger partial charge < -0.3 is 15.3 Å². The fourth-order valence-electron chi connectivity index (χ4n) is 7.65. The lowest BCUT2D eigenvalue weighted by Crippen LogP contribution is -2.49. The summed E-state index contributed by atoms with van der Waals surface area (Å²) in [4.78, 5) is 36.5. The highest BCUT2D eigenvalue weighted by Gasteiger charge is 2.33. The summed E-state index contributed by atoms with van der Waals surface area (Å²) in [5.74, 6) is 1.09. The van der Waals surface area contributed by atoms with Crippen LogP contribution < -0.4 is 15.5 Å². The minimum Gasteiger partial charge on any atom is -0.388 e. The van der Waals surface area contributed by atoms with E-state index in [1.165, 1.54) is 27.2 Å². The fourth-order valence-corrected chi connectivity index (χ4v) is 9.29. The molecular weight excluding hydrogens is 706 g/mol. The van der Waals surface area contributed by atoms with Crippen LogP contribution in [0, 0.1) is 0 Å². The third kappa shape index (κ3) is 7.93. The number of nitrogens with zero attached hydrogens (tertiary/aromatic N) is 7. The molecule has 14 nitrogen and oxygen atoms in total. The maximum absolute atomic E-state index is 13.6. The van der Waals surface area contributed by atoms with Crippen molar-refractivity contribution in [3.8, 4) is 0 Å². The van der Waals surface area contributed by atoms with E-state index in [-0.39, 0.29) is 23.3 Å². The SMILES string of the molecule is Cn1nc(N2CCC(=O)NC2=O)c2ccc(C3CCN(CC(C)(O)Cc4cccc(S(=O)(=O)N5CCC(Nc6ncc(Cl)cn6)CC5)c4)CC3)cc21. The Labute approximate surface area is 308 Å². The summed E-state index contributed by atoms with van der Waals surface area (Å²) in [6, 6.07) is 12.8. The van der Waals surface area contributed by atoms with E-state index in [0.717, 1.165) is 42.4 Å². The van der Waals surface area contributed by atoms with Gasteiger partial charge in [0, 0.05) is 57.5 Å². The number of rotatable bonds is 10. The molecule has 276 valence electrons. The Morgan fingerprint density at radius 2 is 1.73 bits per heavy atom. The lowest BCUT2D eigenvalue weighted by atomic mass is 9.88. The monoisotopic (exact) mass is 749 g/mol. The van der Waals surface area contributed by atoms with Gasteiger partial charge >= 0.3 is 6.03 Å². The number of piperidine rings is 2. The summed E-state index contributed by atoms with van der Waals surface area (Å²) in [5, 5.41) is 23.1. The maximum Gasteiger partial charge on any atom is 0.329 e. The van der Waals surface area contributed by atoms with Crippen LogP contribution in [-0.4, -0.2) is 105 Å². The van der Waals surface area contributed by atoms with Gasteiger partial charge in [0.2, 0.25) is 21.9 Å². The van der Waals surface area contributed by atoms with E-state index in [9.17, 15) is 23.1 Å². The van der Waals surface area contributed by atoms with Crippen LogP contribution in [-0.2, 0) is 28.3 Å². The maximum atomic E-state index is 13.6. The van der Waals surface area contributed by atoms with E-state index in [4.69, 9.17) is 11.6 Å². The molecule has 0 radical (unpaired) electrons. The number of carbonyl (C=O) groups is 2. The smallest absolute Gasteiger partial charge is 0.329 e. The van der Waals surface area contributed by atoms with Crippen molar-refractivity contribution < 1.29 is 23.1 Å². The highest BCUT2D eigenvalue weighted by molar-refractivity contribution is 7.89. The number of carbonyl (C=O) groups excluding carboxylic acids is 2. The van der Waals surface area contributed by atoms with Gasteiger partial charge in [-0.15, -0.1) is 0 Å². The van der Waals surface area contributed by atoms with Gasteiger partial charge in [-0.2, -0.15) is 9.40 Å². The molecule has 52 heavy (non-hydrogen) atoms. The third-order valence-corrected chi connectivity index (χ3v) is 12.4. The number of anilines is 2. The molecule has 3 N–H and O–H groups in total. The predicted molar refractivity (Wildman–Crippen MR) is 198 cm³/mol. The molecule has 1 atom stereocenters. The standard InChI is InChI=1S/C36H44ClN9O5S/c1-36(49,20-24-4-3-5-29(18-24)52(50,51)45-15-10-28(11-16-45)40-34-38-21-27(37)22-39-34)23-44-13-8-25(9-14-44)26-6-7-30-31(19-26)43(2)42-33(30)46-17-12-32(47)41-35(46)48/h3-7,18-19,21-22,25,28,49H,8-17,20,23H2,1-2H3,(H,38,39,40)(H,41,47,48). The summed E-state index contributed by atoms with van der Waals surface area (Å²) < 4.78 is 30.6. The van der Waals surface area contributed by atoms with Crippen LogP contribution in [0.15, 0.2) is 59.8 Å². The number of hydrogen-bond donors (Lipinski definition) is 3. The third-order valence-electron chi connectivity index (χ3n) is 10.3. The average Bonchev–Trinajstić information content (AvgIpc) is 3.44. The number of amides is 3. The molecule has 0 aliphatic carbocycles. The van der Waals surface area contributed by atoms with Crippen LogP contribution in [0.5, 0.6) is 0 Å². The molecule has 3 aliphatic rings. The lowest BCUT2D eigenvalue weighted by molar-refractivity contribution is -0.120. The Balaban J connectivity index is 0.926. The summed E-state index contributed by atoms with van der Waals surface area (Å²) in [6.07, 6.45) is 6.71. The number of urea groups is 1. The Bertz CT molecular complexity index is 2060. The van der Waals surface area contributed by atoms with Gasteiger partial charge in [0.1, 0.15) is 0 Å². The van der Waals surface area contributed by atoms with Crippen molar-refractivity contribution in [1.29, 1.82) is 0 Å². The zero-order chi connectivity index (χ0) is 36.6. The van der Waals surface area contributed by atoms with Crippen LogP contribution in [0.3, 0.4) is 0 Å². The molecule has 16 heteroatoms. The number of aromatic nitrogens is 4. The van der Waals surface area contributed by atoms with Gasteiger partial charge in [0.15, 0.2) is 5.82 Å². The highest BCUT2D eigenvalue weighted by atomic mass is 35.5. The van der Waals surface area contributed by atoms with Gasteiger partial charge in [-0.3, -0.25) is 19.7 Å². The van der Waals surface area contributed by atoms with E-state index < -0.39 is 21.7 Å². The molecule has 2 aromatic carbocycles. The van der Waals surface area contributed by atoms with Crippen LogP contribution >= 0.6 is 11.6 Å². The molecule has 3 fully saturated rings. The zero-order valence-electron chi connectivity index (χ0n) is 29.3. The lowest BCUT2D eigenvalue weighted by Gasteiger charge is -2.37. The quantitative estimate of drug-likeness (QED) is 0.217. The van der Waals surface area contributed by atoms with Crippen LogP contribution in [0.1, 0.15) is 56.1 Å². The van der Waals surface area contributed by atoms with Crippen LogP contribution in [0.25, 0.3) is 10.9 Å². The zero-order valence-corrected chi connectivity index (χ0v) is 30.9. The second kappa shape index (κ2) is 14.7. The number of aliphatic hydroxyl groups is 1. The van der Waals surface area contributed by atoms with Crippen molar-refractivity contribution in [1.82, 2.24) is 34.3 Å². The molecular formula is C36H44ClN9O5S. The minimum absolute atomic E-state index is 0.0577. The summed E-state index contributed by atoms with van der Waals surface area (Å²) in [6.45, 7) is 4.98. The van der Waals surface area contributed by atoms with Gasteiger partial charge in [0.25, 0.3) is 0 Å². The second-order valence-corrected chi connectivity index (χ2v) is 16.8. The molecule has 2 aromatic heterocycles. The molecule has 7 rings (SSSR count). The highest BCUT2D eigenvalue weighted by Crippen LogP contribution is 2.34. The van der Waals surface area contributed by atoms with Crippen molar-refractivity contribution in [2.75, 3.05) is 49.5 Å². The van der Waals surface area contributed by atoms with E-state index in [2.05, 4.69) is 42.7 Å². The number of benzene rings is 2. The Morgan fingerprint density at radius 1 is 1.00 bits per heavy atom. The van der Waals surface area contributed by atoms with Crippen LogP contribution in [0.4, 0.5) is 16.6 Å². The number of nitrogens with one attached hydrogen (secondary N) is 2. The molecule has 3 amide bonds. The summed E-state index contributed by atoms with van der Waals surface area (Å²) >= 11 is 5.88. The number of halogens is 1. The van der Waals surface area contributed by atoms with E-state index in [1.807, 2.05) is 26.1 Å². The second-order valence-electron chi connectivity index (χ2n) is 14.4. The van der Waals surface area contributed by atoms with E-state index in [0.29, 0.717) is 68.1 Å². The predicted octanol–water partition coefficient (Wildman–Crippen LogP) is 3.90. The fraction of sp³-hybridized carbons (Fsp3) is 0.472. The molecule has 4 aromatic rings. The topological polar surface area (TPSA) is 166 Å². The van der Waals surface area contributed by atoms with E-state index >= 15 is 0 Å². The number of fused-ring (bicyclic) bond motifs is 1. The van der Waals surface area contributed by atoms with Gasteiger partial charge in [-0.05, 0) is 87.0 Å². The summed E-state index contributed by atoms with van der Waals surface area (Å²) in [5.41, 5.74) is 1.85. The van der Waals surface area contributed by atoms with Gasteiger partial charge in [0.05, 0.1) is 33.4 Å². The molecule has 0 saturated carbocycles. The Morgan fingerprint density at radius 3 is 2.44 bits per heavy atom. The van der Waals surface area contributed by atoms with E-state index in [1.54, 1.807) is 22.9 Å². The van der Waals surface area contributed by atoms with Crippen molar-refractivity contribution >= 4 is 56.2 Å². The molecule has 3 aliphatic heterocycles. The number of β-amino-alcohol motifs (C(OH)–C–C–N with tert-alkyl or cyclic N) is 1. The van der Waals surface area contributed by atoms with Crippen molar-refractivity contribution in [2.24, 2.45) is 7.05 Å². The Kier molecular flexibility index (Phi) is 10.2. The number of sulfonamides is 1.